The molecular weight excluding hydrogens is 495 g/mol. The van der Waals surface area contributed by atoms with Crippen LogP contribution in [0.25, 0.3) is 0 Å². The van der Waals surface area contributed by atoms with Crippen molar-refractivity contribution in [3.05, 3.63) is 63.6 Å². The van der Waals surface area contributed by atoms with E-state index in [1.165, 1.54) is 0 Å². The van der Waals surface area contributed by atoms with Crippen molar-refractivity contribution in [1.29, 1.82) is 0 Å². The average molecular weight is 526 g/mol. The minimum Gasteiger partial charge on any atom is -0.481 e. The number of carbonyl (C=O) groups excluding carboxylic acids is 1. The molecule has 190 valence electrons. The van der Waals surface area contributed by atoms with Gasteiger partial charge in [-0.05, 0) is 66.0 Å². The Morgan fingerprint density at radius 1 is 1.11 bits per heavy atom. The molecule has 0 bridgehead atoms. The van der Waals surface area contributed by atoms with Gasteiger partial charge in [0.2, 0.25) is 5.91 Å². The molecule has 2 unspecified atom stereocenters. The fraction of sp³-hybridized carbons (Fsp3) is 0.481. The molecule has 3 rings (SSSR count). The summed E-state index contributed by atoms with van der Waals surface area (Å²) in [5.41, 5.74) is 1.33. The molecule has 2 N–H and O–H groups in total. The van der Waals surface area contributed by atoms with Gasteiger partial charge < -0.3 is 10.4 Å². The van der Waals surface area contributed by atoms with Crippen LogP contribution < -0.4 is 5.32 Å². The quantitative estimate of drug-likeness (QED) is 0.365. The SMILES string of the molecule is CC(C)(C)C[C@@H](CC(=O)O)c1ccc(Cl)c(NC(=O)C(c2ccc(Cl)cc2)C2CCCC2(F)F)c1. The van der Waals surface area contributed by atoms with Gasteiger partial charge in [-0.1, -0.05) is 62.2 Å². The maximum atomic E-state index is 14.8. The zero-order valence-corrected chi connectivity index (χ0v) is 21.6. The van der Waals surface area contributed by atoms with Crippen LogP contribution in [0.3, 0.4) is 0 Å². The Morgan fingerprint density at radius 2 is 1.74 bits per heavy atom. The minimum atomic E-state index is -2.97. The molecule has 35 heavy (non-hydrogen) atoms. The first-order chi connectivity index (χ1) is 16.3. The maximum Gasteiger partial charge on any atom is 0.303 e. The third kappa shape index (κ3) is 7.17. The van der Waals surface area contributed by atoms with Crippen LogP contribution in [0.2, 0.25) is 10.0 Å². The molecule has 4 nitrogen and oxygen atoms in total. The summed E-state index contributed by atoms with van der Waals surface area (Å²) in [6.07, 6.45) is 0.849. The highest BCUT2D eigenvalue weighted by Crippen LogP contribution is 2.48. The molecule has 0 aliphatic heterocycles. The standard InChI is InChI=1S/C27H31Cl2F2NO3/c1-26(2,3)15-18(14-23(33)34)17-8-11-21(29)22(13-17)32-25(35)24(16-6-9-19(28)10-7-16)20-5-4-12-27(20,30)31/h6-11,13,18,20,24H,4-5,12,14-15H2,1-3H3,(H,32,35)(H,33,34)/t18-,20?,24?/m1/s1. The van der Waals surface area contributed by atoms with Crippen LogP contribution in [-0.4, -0.2) is 22.9 Å². The molecule has 0 spiro atoms. The zero-order chi connectivity index (χ0) is 26.0. The van der Waals surface area contributed by atoms with Crippen molar-refractivity contribution in [3.8, 4) is 0 Å². The van der Waals surface area contributed by atoms with Crippen LogP contribution in [0, 0.1) is 11.3 Å². The van der Waals surface area contributed by atoms with Crippen molar-refractivity contribution >= 4 is 40.8 Å². The second kappa shape index (κ2) is 10.8. The molecule has 0 saturated heterocycles. The Hall–Kier alpha value is -2.18. The summed E-state index contributed by atoms with van der Waals surface area (Å²) >= 11 is 12.4. The molecule has 0 radical (unpaired) electrons. The van der Waals surface area contributed by atoms with Crippen LogP contribution in [0.4, 0.5) is 14.5 Å². The van der Waals surface area contributed by atoms with E-state index in [-0.39, 0.29) is 41.3 Å². The minimum absolute atomic E-state index is 0.0754. The summed E-state index contributed by atoms with van der Waals surface area (Å²) in [5.74, 6) is -7.01. The lowest BCUT2D eigenvalue weighted by atomic mass is 9.79. The van der Waals surface area contributed by atoms with Gasteiger partial charge >= 0.3 is 5.97 Å². The van der Waals surface area contributed by atoms with Gasteiger partial charge in [-0.15, -0.1) is 0 Å². The van der Waals surface area contributed by atoms with Gasteiger partial charge in [-0.3, -0.25) is 9.59 Å². The first-order valence-corrected chi connectivity index (χ1v) is 12.5. The maximum absolute atomic E-state index is 14.8. The van der Waals surface area contributed by atoms with E-state index < -0.39 is 29.6 Å². The van der Waals surface area contributed by atoms with Crippen LogP contribution in [0.5, 0.6) is 0 Å². The van der Waals surface area contributed by atoms with Crippen LogP contribution >= 0.6 is 23.2 Å². The third-order valence-electron chi connectivity index (χ3n) is 6.48. The predicted octanol–water partition coefficient (Wildman–Crippen LogP) is 8.15. The second-order valence-corrected chi connectivity index (χ2v) is 11.4. The molecule has 2 aromatic carbocycles. The summed E-state index contributed by atoms with van der Waals surface area (Å²) in [4.78, 5) is 25.0. The Balaban J connectivity index is 1.95. The predicted molar refractivity (Wildman–Crippen MR) is 136 cm³/mol. The normalized spacial score (nSPS) is 19.2. The molecule has 1 aliphatic carbocycles. The number of rotatable bonds is 8. The van der Waals surface area contributed by atoms with Gasteiger partial charge in [-0.25, -0.2) is 8.78 Å². The van der Waals surface area contributed by atoms with Gasteiger partial charge in [0.15, 0.2) is 0 Å². The van der Waals surface area contributed by atoms with Crippen molar-refractivity contribution in [1.82, 2.24) is 0 Å². The first kappa shape index (κ1) is 27.4. The number of aliphatic carboxylic acids is 1. The molecule has 0 aromatic heterocycles. The van der Waals surface area contributed by atoms with E-state index in [4.69, 9.17) is 23.2 Å². The van der Waals surface area contributed by atoms with E-state index in [0.717, 1.165) is 5.56 Å². The average Bonchev–Trinajstić information content (AvgIpc) is 3.08. The number of nitrogens with one attached hydrogen (secondary N) is 1. The number of anilines is 1. The number of carboxylic acids is 1. The Labute approximate surface area is 215 Å². The summed E-state index contributed by atoms with van der Waals surface area (Å²) in [5, 5.41) is 12.9. The van der Waals surface area contributed by atoms with Crippen molar-refractivity contribution in [2.75, 3.05) is 5.32 Å². The van der Waals surface area contributed by atoms with Gasteiger partial charge in [-0.2, -0.15) is 0 Å². The van der Waals surface area contributed by atoms with Gasteiger partial charge in [0.1, 0.15) is 0 Å². The largest absolute Gasteiger partial charge is 0.481 e. The topological polar surface area (TPSA) is 66.4 Å². The highest BCUT2D eigenvalue weighted by Gasteiger charge is 2.50. The summed E-state index contributed by atoms with van der Waals surface area (Å²) in [6.45, 7) is 6.08. The summed E-state index contributed by atoms with van der Waals surface area (Å²) in [7, 11) is 0. The Morgan fingerprint density at radius 3 is 2.29 bits per heavy atom. The van der Waals surface area contributed by atoms with Gasteiger partial charge in [0.05, 0.1) is 23.0 Å². The molecule has 1 amide bonds. The molecule has 1 saturated carbocycles. The van der Waals surface area contributed by atoms with E-state index in [1.54, 1.807) is 42.5 Å². The van der Waals surface area contributed by atoms with Gasteiger partial charge in [0.25, 0.3) is 5.92 Å². The monoisotopic (exact) mass is 525 g/mol. The van der Waals surface area contributed by atoms with E-state index in [9.17, 15) is 23.5 Å². The smallest absolute Gasteiger partial charge is 0.303 e. The highest BCUT2D eigenvalue weighted by molar-refractivity contribution is 6.33. The molecule has 3 atom stereocenters. The lowest BCUT2D eigenvalue weighted by Crippen LogP contribution is -2.35. The lowest BCUT2D eigenvalue weighted by molar-refractivity contribution is -0.137. The third-order valence-corrected chi connectivity index (χ3v) is 7.06. The van der Waals surface area contributed by atoms with E-state index in [0.29, 0.717) is 23.4 Å². The van der Waals surface area contributed by atoms with E-state index in [1.807, 2.05) is 20.8 Å². The van der Waals surface area contributed by atoms with Crippen molar-refractivity contribution in [2.24, 2.45) is 11.3 Å². The molecule has 0 heterocycles. The van der Waals surface area contributed by atoms with Crippen molar-refractivity contribution in [2.45, 2.75) is 70.6 Å². The molecule has 2 aromatic rings. The zero-order valence-electron chi connectivity index (χ0n) is 20.1. The van der Waals surface area contributed by atoms with Crippen molar-refractivity contribution in [3.63, 3.8) is 0 Å². The van der Waals surface area contributed by atoms with Crippen LogP contribution in [0.15, 0.2) is 42.5 Å². The number of hydrogen-bond donors (Lipinski definition) is 2. The number of carboxylic acid groups (broad SMARTS) is 1. The highest BCUT2D eigenvalue weighted by atomic mass is 35.5. The second-order valence-electron chi connectivity index (χ2n) is 10.6. The number of benzene rings is 2. The fourth-order valence-corrected chi connectivity index (χ4v) is 5.25. The number of halogens is 4. The first-order valence-electron chi connectivity index (χ1n) is 11.7. The van der Waals surface area contributed by atoms with Gasteiger partial charge in [0, 0.05) is 17.4 Å². The fourth-order valence-electron chi connectivity index (χ4n) is 4.96. The van der Waals surface area contributed by atoms with Crippen LogP contribution in [0.1, 0.15) is 75.8 Å². The molecule has 1 fully saturated rings. The van der Waals surface area contributed by atoms with E-state index in [2.05, 4.69) is 5.32 Å². The summed E-state index contributed by atoms with van der Waals surface area (Å²) < 4.78 is 29.5. The number of alkyl halides is 2. The van der Waals surface area contributed by atoms with Crippen LogP contribution in [-0.2, 0) is 9.59 Å². The Kier molecular flexibility index (Phi) is 8.48. The number of amides is 1. The number of carbonyl (C=O) groups is 2. The van der Waals surface area contributed by atoms with Crippen molar-refractivity contribution < 1.29 is 23.5 Å². The Bertz CT molecular complexity index is 1070. The molecule has 8 heteroatoms. The lowest BCUT2D eigenvalue weighted by Gasteiger charge is -2.29. The molecule has 1 aliphatic rings. The van der Waals surface area contributed by atoms with E-state index >= 15 is 0 Å². The number of hydrogen-bond acceptors (Lipinski definition) is 2. The summed E-state index contributed by atoms with van der Waals surface area (Å²) in [6, 6.07) is 11.4. The molecular formula is C27H31Cl2F2NO3.